The number of rotatable bonds is 5. The third-order valence-corrected chi connectivity index (χ3v) is 2.19. The lowest BCUT2D eigenvalue weighted by molar-refractivity contribution is -0.116. The zero-order chi connectivity index (χ0) is 11.3. The number of nitrogens with zero attached hydrogens (tertiary/aromatic N) is 1. The summed E-state index contributed by atoms with van der Waals surface area (Å²) in [6, 6.07) is 0.0585. The monoisotopic (exact) mass is 210 g/mol. The van der Waals surface area contributed by atoms with Gasteiger partial charge in [0.2, 0.25) is 5.91 Å². The van der Waals surface area contributed by atoms with Crippen molar-refractivity contribution >= 4 is 11.7 Å². The van der Waals surface area contributed by atoms with Crippen LogP contribution in [-0.2, 0) is 11.2 Å². The molecule has 84 valence electrons. The standard InChI is InChI=1S/C10H18N4O/c1-3-8-6-12-14-10(8)13-9(15)5-4-7(2)11/h6-7H,3-5,11H2,1-2H3,(H2,12,13,14,15). The number of aromatic nitrogens is 2. The molecule has 0 bridgehead atoms. The molecule has 0 fully saturated rings. The minimum atomic E-state index is -0.0220. The highest BCUT2D eigenvalue weighted by atomic mass is 16.1. The molecule has 5 nitrogen and oxygen atoms in total. The Labute approximate surface area is 89.4 Å². The molecule has 1 unspecified atom stereocenters. The first-order chi connectivity index (χ1) is 7.13. The van der Waals surface area contributed by atoms with Gasteiger partial charge in [-0.2, -0.15) is 5.10 Å². The molecule has 0 radical (unpaired) electrons. The Bertz CT molecular complexity index is 319. The lowest BCUT2D eigenvalue weighted by atomic mass is 10.2. The van der Waals surface area contributed by atoms with E-state index in [1.165, 1.54) is 0 Å². The summed E-state index contributed by atoms with van der Waals surface area (Å²) in [6.07, 6.45) is 3.71. The number of hydrogen-bond acceptors (Lipinski definition) is 3. The van der Waals surface area contributed by atoms with Crippen molar-refractivity contribution in [3.8, 4) is 0 Å². The average molecular weight is 210 g/mol. The van der Waals surface area contributed by atoms with E-state index in [0.717, 1.165) is 12.0 Å². The number of anilines is 1. The molecule has 1 amide bonds. The van der Waals surface area contributed by atoms with Gasteiger partial charge in [0.25, 0.3) is 0 Å². The predicted molar refractivity (Wildman–Crippen MR) is 59.5 cm³/mol. The minimum Gasteiger partial charge on any atom is -0.328 e. The fourth-order valence-corrected chi connectivity index (χ4v) is 1.25. The fraction of sp³-hybridized carbons (Fsp3) is 0.600. The van der Waals surface area contributed by atoms with Crippen molar-refractivity contribution in [2.75, 3.05) is 5.32 Å². The van der Waals surface area contributed by atoms with Crippen LogP contribution in [0.1, 0.15) is 32.3 Å². The summed E-state index contributed by atoms with van der Waals surface area (Å²) in [5.74, 6) is 0.679. The van der Waals surface area contributed by atoms with E-state index in [0.29, 0.717) is 18.7 Å². The zero-order valence-electron chi connectivity index (χ0n) is 9.21. The summed E-state index contributed by atoms with van der Waals surface area (Å²) in [5, 5.41) is 9.42. The highest BCUT2D eigenvalue weighted by Crippen LogP contribution is 2.11. The molecule has 0 aliphatic heterocycles. The molecule has 5 heteroatoms. The molecule has 0 saturated carbocycles. The Morgan fingerprint density at radius 2 is 2.47 bits per heavy atom. The van der Waals surface area contributed by atoms with Gasteiger partial charge in [-0.15, -0.1) is 0 Å². The number of hydrogen-bond donors (Lipinski definition) is 3. The summed E-state index contributed by atoms with van der Waals surface area (Å²) in [6.45, 7) is 3.91. The number of H-pyrrole nitrogens is 1. The van der Waals surface area contributed by atoms with E-state index in [1.807, 2.05) is 13.8 Å². The smallest absolute Gasteiger partial charge is 0.225 e. The topological polar surface area (TPSA) is 83.8 Å². The van der Waals surface area contributed by atoms with Crippen LogP contribution in [0.15, 0.2) is 6.20 Å². The Morgan fingerprint density at radius 1 is 1.73 bits per heavy atom. The van der Waals surface area contributed by atoms with Gasteiger partial charge >= 0.3 is 0 Å². The summed E-state index contributed by atoms with van der Waals surface area (Å²) in [4.78, 5) is 11.5. The third-order valence-electron chi connectivity index (χ3n) is 2.19. The first-order valence-electron chi connectivity index (χ1n) is 5.21. The van der Waals surface area contributed by atoms with Gasteiger partial charge in [-0.3, -0.25) is 9.89 Å². The van der Waals surface area contributed by atoms with Gasteiger partial charge in [-0.05, 0) is 19.8 Å². The van der Waals surface area contributed by atoms with Gasteiger partial charge in [-0.25, -0.2) is 0 Å². The van der Waals surface area contributed by atoms with Gasteiger partial charge in [-0.1, -0.05) is 6.92 Å². The largest absolute Gasteiger partial charge is 0.328 e. The summed E-state index contributed by atoms with van der Waals surface area (Å²) >= 11 is 0. The van der Waals surface area contributed by atoms with Gasteiger partial charge in [0.05, 0.1) is 6.20 Å². The van der Waals surface area contributed by atoms with Gasteiger partial charge in [0, 0.05) is 18.0 Å². The fourth-order valence-electron chi connectivity index (χ4n) is 1.25. The lowest BCUT2D eigenvalue weighted by Crippen LogP contribution is -2.19. The van der Waals surface area contributed by atoms with Crippen LogP contribution in [0.2, 0.25) is 0 Å². The maximum absolute atomic E-state index is 11.5. The Hall–Kier alpha value is -1.36. The van der Waals surface area contributed by atoms with Crippen molar-refractivity contribution < 1.29 is 4.79 Å². The summed E-state index contributed by atoms with van der Waals surface area (Å²) in [7, 11) is 0. The molecule has 1 rings (SSSR count). The van der Waals surface area contributed by atoms with Crippen molar-refractivity contribution in [1.29, 1.82) is 0 Å². The molecular weight excluding hydrogens is 192 g/mol. The van der Waals surface area contributed by atoms with E-state index < -0.39 is 0 Å². The van der Waals surface area contributed by atoms with Crippen molar-refractivity contribution in [2.45, 2.75) is 39.2 Å². The normalized spacial score (nSPS) is 12.5. The second-order valence-corrected chi connectivity index (χ2v) is 3.69. The second-order valence-electron chi connectivity index (χ2n) is 3.69. The van der Waals surface area contributed by atoms with Crippen molar-refractivity contribution in [3.05, 3.63) is 11.8 Å². The van der Waals surface area contributed by atoms with E-state index in [2.05, 4.69) is 15.5 Å². The van der Waals surface area contributed by atoms with Crippen LogP contribution in [0.4, 0.5) is 5.82 Å². The van der Waals surface area contributed by atoms with Crippen molar-refractivity contribution in [3.63, 3.8) is 0 Å². The van der Waals surface area contributed by atoms with Gasteiger partial charge in [0.1, 0.15) is 5.82 Å². The number of nitrogens with one attached hydrogen (secondary N) is 2. The van der Waals surface area contributed by atoms with E-state index in [1.54, 1.807) is 6.20 Å². The van der Waals surface area contributed by atoms with E-state index in [4.69, 9.17) is 5.73 Å². The van der Waals surface area contributed by atoms with Crippen LogP contribution in [0.25, 0.3) is 0 Å². The van der Waals surface area contributed by atoms with Crippen LogP contribution >= 0.6 is 0 Å². The molecule has 4 N–H and O–H groups in total. The minimum absolute atomic E-state index is 0.0220. The quantitative estimate of drug-likeness (QED) is 0.679. The Balaban J connectivity index is 2.44. The van der Waals surface area contributed by atoms with Crippen LogP contribution in [0.3, 0.4) is 0 Å². The molecule has 0 aliphatic rings. The van der Waals surface area contributed by atoms with Crippen LogP contribution in [-0.4, -0.2) is 22.1 Å². The van der Waals surface area contributed by atoms with Crippen molar-refractivity contribution in [1.82, 2.24) is 10.2 Å². The highest BCUT2D eigenvalue weighted by molar-refractivity contribution is 5.90. The molecule has 1 aromatic heterocycles. The zero-order valence-corrected chi connectivity index (χ0v) is 9.21. The van der Waals surface area contributed by atoms with Crippen LogP contribution in [0.5, 0.6) is 0 Å². The molecule has 1 atom stereocenters. The SMILES string of the molecule is CCc1cn[nH]c1NC(=O)CCC(C)N. The molecule has 15 heavy (non-hydrogen) atoms. The molecule has 0 saturated heterocycles. The predicted octanol–water partition coefficient (Wildman–Crippen LogP) is 1.04. The number of amides is 1. The summed E-state index contributed by atoms with van der Waals surface area (Å²) < 4.78 is 0. The first-order valence-corrected chi connectivity index (χ1v) is 5.21. The number of carbonyl (C=O) groups excluding carboxylic acids is 1. The van der Waals surface area contributed by atoms with Crippen molar-refractivity contribution in [2.24, 2.45) is 5.73 Å². The molecular formula is C10H18N4O. The summed E-state index contributed by atoms with van der Waals surface area (Å²) in [5.41, 5.74) is 6.59. The van der Waals surface area contributed by atoms with E-state index >= 15 is 0 Å². The maximum atomic E-state index is 11.5. The van der Waals surface area contributed by atoms with E-state index in [-0.39, 0.29) is 11.9 Å². The second kappa shape index (κ2) is 5.50. The molecule has 1 heterocycles. The Kier molecular flexibility index (Phi) is 4.30. The lowest BCUT2D eigenvalue weighted by Gasteiger charge is -2.06. The number of aromatic amines is 1. The van der Waals surface area contributed by atoms with Gasteiger partial charge < -0.3 is 11.1 Å². The number of aryl methyl sites for hydroxylation is 1. The Morgan fingerprint density at radius 3 is 3.07 bits per heavy atom. The molecule has 0 aliphatic carbocycles. The highest BCUT2D eigenvalue weighted by Gasteiger charge is 2.08. The maximum Gasteiger partial charge on any atom is 0.225 e. The average Bonchev–Trinajstić information content (AvgIpc) is 2.62. The number of nitrogens with two attached hydrogens (primary N) is 1. The third kappa shape index (κ3) is 3.71. The molecule has 1 aromatic rings. The molecule has 0 aromatic carbocycles. The van der Waals surface area contributed by atoms with E-state index in [9.17, 15) is 4.79 Å². The van der Waals surface area contributed by atoms with Crippen LogP contribution in [0, 0.1) is 0 Å². The van der Waals surface area contributed by atoms with Crippen LogP contribution < -0.4 is 11.1 Å². The van der Waals surface area contributed by atoms with Gasteiger partial charge in [0.15, 0.2) is 0 Å². The molecule has 0 spiro atoms. The number of carbonyl (C=O) groups is 1. The first kappa shape index (κ1) is 11.7.